The molecule has 0 aliphatic heterocycles. The van der Waals surface area contributed by atoms with Crippen LogP contribution in [0.4, 0.5) is 0 Å². The fourth-order valence-corrected chi connectivity index (χ4v) is 2.96. The molecule has 76 valence electrons. The van der Waals surface area contributed by atoms with E-state index >= 15 is 0 Å². The van der Waals surface area contributed by atoms with Crippen LogP contribution in [-0.2, 0) is 10.0 Å². The van der Waals surface area contributed by atoms with Crippen LogP contribution in [0.1, 0.15) is 12.8 Å². The molecule has 0 atom stereocenters. The number of hydrogen-bond acceptors (Lipinski definition) is 3. The topological polar surface area (TPSA) is 57.6 Å². The van der Waals surface area contributed by atoms with Crippen LogP contribution in [0, 0.1) is 0 Å². The predicted octanol–water partition coefficient (Wildman–Crippen LogP) is -0.0411. The van der Waals surface area contributed by atoms with E-state index in [1.54, 1.807) is 0 Å². The summed E-state index contributed by atoms with van der Waals surface area (Å²) in [5.41, 5.74) is 0. The zero-order chi connectivity index (χ0) is 9.90. The van der Waals surface area contributed by atoms with Gasteiger partial charge in [-0.3, -0.25) is 0 Å². The highest BCUT2D eigenvalue weighted by Crippen LogP contribution is 2.30. The van der Waals surface area contributed by atoms with Crippen molar-refractivity contribution in [3.63, 3.8) is 0 Å². The van der Waals surface area contributed by atoms with Gasteiger partial charge in [-0.05, 0) is 12.8 Å². The van der Waals surface area contributed by atoms with Crippen LogP contribution in [-0.4, -0.2) is 42.8 Å². The lowest BCUT2D eigenvalue weighted by molar-refractivity contribution is 0.260. The van der Waals surface area contributed by atoms with Crippen molar-refractivity contribution in [1.29, 1.82) is 0 Å². The van der Waals surface area contributed by atoms with Gasteiger partial charge in [-0.2, -0.15) is 4.31 Å². The molecule has 0 aromatic rings. The van der Waals surface area contributed by atoms with Crippen molar-refractivity contribution in [1.82, 2.24) is 4.31 Å². The van der Waals surface area contributed by atoms with Crippen LogP contribution in [0.3, 0.4) is 0 Å². The first-order chi connectivity index (χ1) is 6.12. The maximum atomic E-state index is 11.6. The van der Waals surface area contributed by atoms with E-state index in [0.29, 0.717) is 6.54 Å². The van der Waals surface area contributed by atoms with E-state index in [0.717, 1.165) is 12.8 Å². The lowest BCUT2D eigenvalue weighted by Crippen LogP contribution is -2.36. The van der Waals surface area contributed by atoms with Gasteiger partial charge in [0.25, 0.3) is 0 Å². The zero-order valence-corrected chi connectivity index (χ0v) is 8.33. The highest BCUT2D eigenvalue weighted by atomic mass is 32.2. The van der Waals surface area contributed by atoms with Crippen LogP contribution in [0.25, 0.3) is 0 Å². The molecule has 0 spiro atoms. The highest BCUT2D eigenvalue weighted by Gasteiger charge is 2.39. The molecule has 1 aliphatic rings. The standard InChI is InChI=1S/C8H15NO3S/c1-2-5-9(6-7-10)13(11,12)8-3-4-8/h2,8,10H,1,3-7H2. The largest absolute Gasteiger partial charge is 0.395 e. The Morgan fingerprint density at radius 2 is 2.15 bits per heavy atom. The summed E-state index contributed by atoms with van der Waals surface area (Å²) in [7, 11) is -3.15. The van der Waals surface area contributed by atoms with Gasteiger partial charge in [0.15, 0.2) is 0 Å². The Morgan fingerprint density at radius 1 is 1.54 bits per heavy atom. The maximum Gasteiger partial charge on any atom is 0.217 e. The molecule has 0 heterocycles. The van der Waals surface area contributed by atoms with E-state index in [4.69, 9.17) is 5.11 Å². The molecule has 4 nitrogen and oxygen atoms in total. The van der Waals surface area contributed by atoms with E-state index in [2.05, 4.69) is 6.58 Å². The minimum atomic E-state index is -3.15. The second-order valence-electron chi connectivity index (χ2n) is 3.11. The first kappa shape index (κ1) is 10.7. The Kier molecular flexibility index (Phi) is 3.47. The fourth-order valence-electron chi connectivity index (χ4n) is 1.15. The molecule has 1 saturated carbocycles. The van der Waals surface area contributed by atoms with E-state index in [1.807, 2.05) is 0 Å². The Bertz CT molecular complexity index is 269. The molecule has 0 bridgehead atoms. The van der Waals surface area contributed by atoms with Crippen molar-refractivity contribution in [2.24, 2.45) is 0 Å². The average molecular weight is 205 g/mol. The maximum absolute atomic E-state index is 11.6. The minimum Gasteiger partial charge on any atom is -0.395 e. The molecule has 0 saturated heterocycles. The molecule has 1 fully saturated rings. The summed E-state index contributed by atoms with van der Waals surface area (Å²) in [4.78, 5) is 0. The van der Waals surface area contributed by atoms with E-state index in [9.17, 15) is 8.42 Å². The van der Waals surface area contributed by atoms with Crippen molar-refractivity contribution < 1.29 is 13.5 Å². The lowest BCUT2D eigenvalue weighted by Gasteiger charge is -2.18. The van der Waals surface area contributed by atoms with Crippen LogP contribution in [0.15, 0.2) is 12.7 Å². The molecule has 13 heavy (non-hydrogen) atoms. The molecule has 0 aromatic heterocycles. The minimum absolute atomic E-state index is 0.139. The second-order valence-corrected chi connectivity index (χ2v) is 5.33. The van der Waals surface area contributed by atoms with Gasteiger partial charge < -0.3 is 5.11 Å². The lowest BCUT2D eigenvalue weighted by atomic mass is 10.6. The molecule has 0 radical (unpaired) electrons. The monoisotopic (exact) mass is 205 g/mol. The normalized spacial score (nSPS) is 17.7. The molecule has 0 unspecified atom stereocenters. The Hall–Kier alpha value is -0.390. The van der Waals surface area contributed by atoms with Gasteiger partial charge in [0.05, 0.1) is 11.9 Å². The zero-order valence-electron chi connectivity index (χ0n) is 7.52. The summed E-state index contributed by atoms with van der Waals surface area (Å²) < 4.78 is 24.6. The molecular formula is C8H15NO3S. The summed E-state index contributed by atoms with van der Waals surface area (Å²) in [5, 5.41) is 8.48. The number of sulfonamides is 1. The Balaban J connectivity index is 2.66. The Morgan fingerprint density at radius 3 is 2.54 bits per heavy atom. The third-order valence-corrected chi connectivity index (χ3v) is 4.35. The van der Waals surface area contributed by atoms with Gasteiger partial charge in [-0.15, -0.1) is 6.58 Å². The number of aliphatic hydroxyl groups excluding tert-OH is 1. The highest BCUT2D eigenvalue weighted by molar-refractivity contribution is 7.90. The van der Waals surface area contributed by atoms with Crippen molar-refractivity contribution >= 4 is 10.0 Å². The van der Waals surface area contributed by atoms with Crippen LogP contribution < -0.4 is 0 Å². The SMILES string of the molecule is C=CCN(CCO)S(=O)(=O)C1CC1. The van der Waals surface area contributed by atoms with Gasteiger partial charge in [-0.25, -0.2) is 8.42 Å². The molecular weight excluding hydrogens is 190 g/mol. The molecule has 1 rings (SSSR count). The molecule has 0 amide bonds. The quantitative estimate of drug-likeness (QED) is 0.619. The summed E-state index contributed by atoms with van der Waals surface area (Å²) >= 11 is 0. The fraction of sp³-hybridized carbons (Fsp3) is 0.750. The number of nitrogens with zero attached hydrogens (tertiary/aromatic N) is 1. The van der Waals surface area contributed by atoms with Crippen molar-refractivity contribution in [2.45, 2.75) is 18.1 Å². The summed E-state index contributed by atoms with van der Waals surface area (Å²) in [6, 6.07) is 0. The van der Waals surface area contributed by atoms with E-state index in [1.165, 1.54) is 10.4 Å². The van der Waals surface area contributed by atoms with Crippen LogP contribution in [0.2, 0.25) is 0 Å². The van der Waals surface area contributed by atoms with Crippen molar-refractivity contribution in [2.75, 3.05) is 19.7 Å². The number of rotatable bonds is 6. The summed E-state index contributed by atoms with van der Waals surface area (Å²) in [5.74, 6) is 0. The van der Waals surface area contributed by atoms with Crippen LogP contribution >= 0.6 is 0 Å². The average Bonchev–Trinajstić information content (AvgIpc) is 2.86. The smallest absolute Gasteiger partial charge is 0.217 e. The molecule has 0 aromatic carbocycles. The van der Waals surface area contributed by atoms with E-state index < -0.39 is 10.0 Å². The van der Waals surface area contributed by atoms with Gasteiger partial charge in [0, 0.05) is 13.1 Å². The van der Waals surface area contributed by atoms with Crippen LogP contribution in [0.5, 0.6) is 0 Å². The molecule has 1 aliphatic carbocycles. The predicted molar refractivity (Wildman–Crippen MR) is 50.8 cm³/mol. The third-order valence-electron chi connectivity index (χ3n) is 1.99. The first-order valence-corrected chi connectivity index (χ1v) is 5.84. The number of hydrogen-bond donors (Lipinski definition) is 1. The summed E-state index contributed by atoms with van der Waals surface area (Å²) in [6.07, 6.45) is 3.04. The van der Waals surface area contributed by atoms with E-state index in [-0.39, 0.29) is 18.4 Å². The van der Waals surface area contributed by atoms with Crippen molar-refractivity contribution in [3.05, 3.63) is 12.7 Å². The van der Waals surface area contributed by atoms with Gasteiger partial charge in [0.2, 0.25) is 10.0 Å². The third kappa shape index (κ3) is 2.52. The Labute approximate surface area is 78.9 Å². The summed E-state index contributed by atoms with van der Waals surface area (Å²) in [6.45, 7) is 3.81. The van der Waals surface area contributed by atoms with Crippen molar-refractivity contribution in [3.8, 4) is 0 Å². The molecule has 1 N–H and O–H groups in total. The molecule has 5 heteroatoms. The second kappa shape index (κ2) is 4.21. The first-order valence-electron chi connectivity index (χ1n) is 4.33. The van der Waals surface area contributed by atoms with Gasteiger partial charge in [0.1, 0.15) is 0 Å². The number of aliphatic hydroxyl groups is 1. The van der Waals surface area contributed by atoms with Gasteiger partial charge >= 0.3 is 0 Å². The van der Waals surface area contributed by atoms with Gasteiger partial charge in [-0.1, -0.05) is 6.08 Å².